The standard InChI is InChI=1S/C9H18ClN/c1-5-6-8(7-10)11-9(2,3)4/h5-7H2,1-4H3. The Balaban J connectivity index is 4.11. The van der Waals surface area contributed by atoms with E-state index in [1.807, 2.05) is 0 Å². The number of halogens is 1. The summed E-state index contributed by atoms with van der Waals surface area (Å²) in [4.78, 5) is 4.50. The molecule has 0 heterocycles. The number of rotatable bonds is 3. The van der Waals surface area contributed by atoms with Crippen molar-refractivity contribution >= 4 is 17.3 Å². The Hall–Kier alpha value is -0.0400. The lowest BCUT2D eigenvalue weighted by molar-refractivity contribution is 0.581. The maximum absolute atomic E-state index is 5.72. The van der Waals surface area contributed by atoms with E-state index in [-0.39, 0.29) is 5.54 Å². The Morgan fingerprint density at radius 3 is 2.18 bits per heavy atom. The van der Waals surface area contributed by atoms with E-state index in [2.05, 4.69) is 32.7 Å². The molecular formula is C9H18ClN. The molecule has 0 saturated carbocycles. The summed E-state index contributed by atoms with van der Waals surface area (Å²) in [6.45, 7) is 8.42. The highest BCUT2D eigenvalue weighted by atomic mass is 35.5. The first-order chi connectivity index (χ1) is 4.99. The lowest BCUT2D eigenvalue weighted by atomic mass is 10.1. The molecule has 0 unspecified atom stereocenters. The van der Waals surface area contributed by atoms with Gasteiger partial charge in [0.15, 0.2) is 0 Å². The van der Waals surface area contributed by atoms with E-state index in [9.17, 15) is 0 Å². The van der Waals surface area contributed by atoms with Gasteiger partial charge in [-0.15, -0.1) is 11.6 Å². The summed E-state index contributed by atoms with van der Waals surface area (Å²) in [5.74, 6) is 0.575. The van der Waals surface area contributed by atoms with Gasteiger partial charge in [0.1, 0.15) is 0 Å². The second kappa shape index (κ2) is 4.76. The molecule has 0 atom stereocenters. The monoisotopic (exact) mass is 175 g/mol. The quantitative estimate of drug-likeness (QED) is 0.461. The number of nitrogens with zero attached hydrogens (tertiary/aromatic N) is 1. The molecule has 66 valence electrons. The first kappa shape index (κ1) is 11.0. The maximum atomic E-state index is 5.72. The Morgan fingerprint density at radius 1 is 1.36 bits per heavy atom. The van der Waals surface area contributed by atoms with Crippen LogP contribution in [0.25, 0.3) is 0 Å². The Kier molecular flexibility index (Phi) is 4.74. The average Bonchev–Trinajstić information content (AvgIpc) is 1.84. The minimum absolute atomic E-state index is 0.0272. The number of hydrogen-bond acceptors (Lipinski definition) is 1. The van der Waals surface area contributed by atoms with Gasteiger partial charge in [-0.05, 0) is 27.2 Å². The van der Waals surface area contributed by atoms with Crippen molar-refractivity contribution in [3.63, 3.8) is 0 Å². The molecule has 0 fully saturated rings. The second-order valence-electron chi connectivity index (χ2n) is 3.73. The average molecular weight is 176 g/mol. The van der Waals surface area contributed by atoms with Crippen molar-refractivity contribution in [3.8, 4) is 0 Å². The topological polar surface area (TPSA) is 12.4 Å². The van der Waals surface area contributed by atoms with Gasteiger partial charge in [0.2, 0.25) is 0 Å². The lowest BCUT2D eigenvalue weighted by Crippen LogP contribution is -2.15. The van der Waals surface area contributed by atoms with Crippen LogP contribution in [0.5, 0.6) is 0 Å². The second-order valence-corrected chi connectivity index (χ2v) is 4.00. The molecule has 1 nitrogen and oxygen atoms in total. The third-order valence-corrected chi connectivity index (χ3v) is 1.49. The fourth-order valence-corrected chi connectivity index (χ4v) is 1.11. The molecule has 0 saturated heterocycles. The Bertz CT molecular complexity index is 133. The van der Waals surface area contributed by atoms with Gasteiger partial charge in [-0.1, -0.05) is 13.3 Å². The van der Waals surface area contributed by atoms with Crippen LogP contribution in [0.2, 0.25) is 0 Å². The first-order valence-corrected chi connectivity index (χ1v) is 4.66. The van der Waals surface area contributed by atoms with Crippen LogP contribution in [0.15, 0.2) is 4.99 Å². The molecule has 0 aliphatic rings. The molecule has 0 aromatic heterocycles. The third kappa shape index (κ3) is 6.36. The van der Waals surface area contributed by atoms with Crippen molar-refractivity contribution in [1.82, 2.24) is 0 Å². The molecule has 11 heavy (non-hydrogen) atoms. The zero-order chi connectivity index (χ0) is 8.91. The third-order valence-electron chi connectivity index (χ3n) is 1.19. The van der Waals surface area contributed by atoms with Crippen LogP contribution >= 0.6 is 11.6 Å². The van der Waals surface area contributed by atoms with E-state index < -0.39 is 0 Å². The van der Waals surface area contributed by atoms with E-state index in [4.69, 9.17) is 11.6 Å². The van der Waals surface area contributed by atoms with E-state index in [0.29, 0.717) is 5.88 Å². The fourth-order valence-electron chi connectivity index (χ4n) is 0.916. The molecule has 0 aliphatic carbocycles. The van der Waals surface area contributed by atoms with Crippen molar-refractivity contribution in [1.29, 1.82) is 0 Å². The van der Waals surface area contributed by atoms with Gasteiger partial charge < -0.3 is 0 Å². The molecule has 0 spiro atoms. The van der Waals surface area contributed by atoms with E-state index in [0.717, 1.165) is 18.6 Å². The van der Waals surface area contributed by atoms with Crippen LogP contribution in [0.4, 0.5) is 0 Å². The van der Waals surface area contributed by atoms with Gasteiger partial charge in [0.25, 0.3) is 0 Å². The van der Waals surface area contributed by atoms with E-state index >= 15 is 0 Å². The zero-order valence-corrected chi connectivity index (χ0v) is 8.70. The Labute approximate surface area is 74.9 Å². The number of hydrogen-bond donors (Lipinski definition) is 0. The zero-order valence-electron chi connectivity index (χ0n) is 7.95. The van der Waals surface area contributed by atoms with Gasteiger partial charge >= 0.3 is 0 Å². The maximum Gasteiger partial charge on any atom is 0.0603 e. The minimum atomic E-state index is 0.0272. The largest absolute Gasteiger partial charge is 0.287 e. The van der Waals surface area contributed by atoms with Crippen molar-refractivity contribution in [2.24, 2.45) is 4.99 Å². The summed E-state index contributed by atoms with van der Waals surface area (Å²) in [5.41, 5.74) is 1.15. The molecule has 0 N–H and O–H groups in total. The molecule has 0 radical (unpaired) electrons. The molecule has 0 aromatic rings. The molecule has 0 bridgehead atoms. The summed E-state index contributed by atoms with van der Waals surface area (Å²) in [7, 11) is 0. The van der Waals surface area contributed by atoms with E-state index in [1.54, 1.807) is 0 Å². The van der Waals surface area contributed by atoms with Crippen molar-refractivity contribution in [2.75, 3.05) is 5.88 Å². The van der Waals surface area contributed by atoms with Gasteiger partial charge in [-0.25, -0.2) is 0 Å². The fraction of sp³-hybridized carbons (Fsp3) is 0.889. The Morgan fingerprint density at radius 2 is 1.91 bits per heavy atom. The van der Waals surface area contributed by atoms with Gasteiger partial charge in [-0.2, -0.15) is 0 Å². The van der Waals surface area contributed by atoms with Crippen LogP contribution in [0.1, 0.15) is 40.5 Å². The summed E-state index contributed by atoms with van der Waals surface area (Å²) < 4.78 is 0. The SMILES string of the molecule is CCCC(CCl)=NC(C)(C)C. The number of alkyl halides is 1. The predicted molar refractivity (Wildman–Crippen MR) is 52.8 cm³/mol. The molecule has 0 aliphatic heterocycles. The first-order valence-electron chi connectivity index (χ1n) is 4.13. The van der Waals surface area contributed by atoms with Gasteiger partial charge in [-0.3, -0.25) is 4.99 Å². The van der Waals surface area contributed by atoms with Crippen LogP contribution in [-0.2, 0) is 0 Å². The summed E-state index contributed by atoms with van der Waals surface area (Å²) >= 11 is 5.72. The highest BCUT2D eigenvalue weighted by Gasteiger charge is 2.08. The van der Waals surface area contributed by atoms with Gasteiger partial charge in [0.05, 0.1) is 11.4 Å². The van der Waals surface area contributed by atoms with Crippen LogP contribution in [0.3, 0.4) is 0 Å². The van der Waals surface area contributed by atoms with Crippen LogP contribution in [-0.4, -0.2) is 17.1 Å². The minimum Gasteiger partial charge on any atom is -0.287 e. The molecule has 0 aromatic carbocycles. The smallest absolute Gasteiger partial charge is 0.0603 e. The summed E-state index contributed by atoms with van der Waals surface area (Å²) in [6.07, 6.45) is 2.16. The molecule has 2 heteroatoms. The molecule has 0 rings (SSSR count). The predicted octanol–water partition coefficient (Wildman–Crippen LogP) is 3.26. The number of aliphatic imine (C=N–C) groups is 1. The van der Waals surface area contributed by atoms with Gasteiger partial charge in [0, 0.05) is 5.71 Å². The van der Waals surface area contributed by atoms with E-state index in [1.165, 1.54) is 0 Å². The normalized spacial score (nSPS) is 13.7. The summed E-state index contributed by atoms with van der Waals surface area (Å²) in [5, 5.41) is 0. The van der Waals surface area contributed by atoms with Crippen molar-refractivity contribution in [2.45, 2.75) is 46.1 Å². The summed E-state index contributed by atoms with van der Waals surface area (Å²) in [6, 6.07) is 0. The van der Waals surface area contributed by atoms with Crippen molar-refractivity contribution < 1.29 is 0 Å². The van der Waals surface area contributed by atoms with Crippen molar-refractivity contribution in [3.05, 3.63) is 0 Å². The highest BCUT2D eigenvalue weighted by molar-refractivity contribution is 6.28. The van der Waals surface area contributed by atoms with Crippen LogP contribution < -0.4 is 0 Å². The molecule has 0 amide bonds. The lowest BCUT2D eigenvalue weighted by Gasteiger charge is -2.14. The highest BCUT2D eigenvalue weighted by Crippen LogP contribution is 2.09. The molecular weight excluding hydrogens is 158 g/mol. The van der Waals surface area contributed by atoms with Crippen LogP contribution in [0, 0.1) is 0 Å².